The molecule has 2 unspecified atom stereocenters. The molecule has 13 nitrogen and oxygen atoms in total. The number of oxime groups is 1. The number of nitrogens with one attached hydrogen (secondary N) is 2. The number of benzene rings is 5. The topological polar surface area (TPSA) is 162 Å². The number of amides is 2. The summed E-state index contributed by atoms with van der Waals surface area (Å²) >= 11 is 3.87. The van der Waals surface area contributed by atoms with Gasteiger partial charge in [0.1, 0.15) is 35.5 Å². The molecular formula is C52H43N7O6S3. The molecule has 0 saturated carbocycles. The van der Waals surface area contributed by atoms with Crippen LogP contribution in [0.5, 0.6) is 0 Å². The Balaban J connectivity index is 0.989. The van der Waals surface area contributed by atoms with Crippen LogP contribution in [0.1, 0.15) is 45.3 Å². The minimum absolute atomic E-state index is 0.0495. The number of hydrogen-bond acceptors (Lipinski definition) is 13. The lowest BCUT2D eigenvalue weighted by Crippen LogP contribution is -2.71. The van der Waals surface area contributed by atoms with Crippen molar-refractivity contribution in [3.8, 4) is 0 Å². The van der Waals surface area contributed by atoms with Crippen LogP contribution in [-0.4, -0.2) is 62.8 Å². The maximum Gasteiger partial charge on any atom is 0.356 e. The fourth-order valence-electron chi connectivity index (χ4n) is 8.10. The van der Waals surface area contributed by atoms with E-state index >= 15 is 0 Å². The molecule has 68 heavy (non-hydrogen) atoms. The SMILES string of the molecule is CON=C(C(=O)NC1C(=O)N2C(C(=O)OC(c3ccccc3)c3ccccc3)=C(C=CSc3ccc(C)[n+]([O-])n3)CSC12)c1csc(NC(c2ccccc2)(c2ccccc2)c2ccccc2)n1. The number of aryl methyl sites for hydroxylation is 1. The van der Waals surface area contributed by atoms with Gasteiger partial charge in [-0.3, -0.25) is 14.5 Å². The standard InChI is InChI=1S/C52H43N7O6S3/c1-34-28-29-42(56-59(34)63)66-31-30-37-32-67-49-44(48(61)58(49)45(37)50(62)65-46(35-18-8-3-9-19-35)36-20-10-4-11-21-36)54-47(60)43(57-64-2)41-33-68-51(53-41)55-52(38-22-12-5-13-23-38,39-24-14-6-15-25-39)40-26-16-7-17-27-40/h3-31,33,44,46,49H,32H2,1-2H3,(H,53,55)(H,54,60). The van der Waals surface area contributed by atoms with Gasteiger partial charge in [0.25, 0.3) is 11.8 Å². The lowest BCUT2D eigenvalue weighted by molar-refractivity contribution is -0.679. The molecule has 0 spiro atoms. The summed E-state index contributed by atoms with van der Waals surface area (Å²) in [4.78, 5) is 55.2. The minimum Gasteiger partial charge on any atom is -0.594 e. The Hall–Kier alpha value is -7.53. The third-order valence-corrected chi connectivity index (χ3v) is 14.2. The highest BCUT2D eigenvalue weighted by atomic mass is 32.2. The molecule has 2 N–H and O–H groups in total. The molecule has 2 aliphatic rings. The second-order valence-corrected chi connectivity index (χ2v) is 18.5. The van der Waals surface area contributed by atoms with Gasteiger partial charge in [-0.2, -0.15) is 0 Å². The second kappa shape index (κ2) is 20.5. The van der Waals surface area contributed by atoms with Crippen molar-refractivity contribution >= 4 is 63.5 Å². The van der Waals surface area contributed by atoms with Gasteiger partial charge in [-0.1, -0.05) is 173 Å². The Morgan fingerprint density at radius 2 is 1.41 bits per heavy atom. The van der Waals surface area contributed by atoms with Crippen molar-refractivity contribution in [2.45, 2.75) is 35.0 Å². The van der Waals surface area contributed by atoms with Crippen molar-refractivity contribution < 1.29 is 28.8 Å². The summed E-state index contributed by atoms with van der Waals surface area (Å²) < 4.78 is 6.32. The summed E-state index contributed by atoms with van der Waals surface area (Å²) in [6.07, 6.45) is 0.935. The predicted molar refractivity (Wildman–Crippen MR) is 264 cm³/mol. The number of carbonyl (C=O) groups excluding carboxylic acids is 3. The van der Waals surface area contributed by atoms with Crippen LogP contribution in [0, 0.1) is 12.1 Å². The first-order valence-corrected chi connectivity index (χ1v) is 24.3. The summed E-state index contributed by atoms with van der Waals surface area (Å²) in [5.74, 6) is -1.63. The molecule has 0 radical (unpaired) electrons. The molecule has 2 amide bonds. The molecule has 5 aromatic carbocycles. The van der Waals surface area contributed by atoms with Gasteiger partial charge >= 0.3 is 5.97 Å². The van der Waals surface area contributed by atoms with E-state index in [9.17, 15) is 19.6 Å². The number of hydrogen-bond donors (Lipinski definition) is 2. The van der Waals surface area contributed by atoms with Crippen LogP contribution in [0.3, 0.4) is 0 Å². The van der Waals surface area contributed by atoms with Crippen molar-refractivity contribution in [3.05, 3.63) is 236 Å². The Morgan fingerprint density at radius 3 is 1.96 bits per heavy atom. The number of anilines is 1. The summed E-state index contributed by atoms with van der Waals surface area (Å²) in [6.45, 7) is 1.66. The number of esters is 1. The van der Waals surface area contributed by atoms with Gasteiger partial charge in [-0.25, -0.2) is 9.78 Å². The molecule has 7 aromatic rings. The summed E-state index contributed by atoms with van der Waals surface area (Å²) in [6, 6.07) is 51.3. The smallest absolute Gasteiger partial charge is 0.356 e. The van der Waals surface area contributed by atoms with E-state index in [1.807, 2.05) is 115 Å². The first kappa shape index (κ1) is 45.6. The lowest BCUT2D eigenvalue weighted by Gasteiger charge is -2.49. The molecule has 0 aliphatic carbocycles. The molecule has 0 bridgehead atoms. The largest absolute Gasteiger partial charge is 0.594 e. The highest BCUT2D eigenvalue weighted by molar-refractivity contribution is 8.02. The highest BCUT2D eigenvalue weighted by Gasteiger charge is 2.55. The zero-order valence-corrected chi connectivity index (χ0v) is 39.1. The molecule has 2 aliphatic heterocycles. The third-order valence-electron chi connectivity index (χ3n) is 11.4. The molecule has 1 saturated heterocycles. The lowest BCUT2D eigenvalue weighted by atomic mass is 9.77. The van der Waals surface area contributed by atoms with Crippen LogP contribution in [0.4, 0.5) is 5.13 Å². The van der Waals surface area contributed by atoms with Crippen LogP contribution in [-0.2, 0) is 29.5 Å². The maximum atomic E-state index is 14.6. The summed E-state index contributed by atoms with van der Waals surface area (Å²) in [7, 11) is 1.33. The number of β-lactam (4-membered cyclic amide) rings is 1. The van der Waals surface area contributed by atoms with Crippen molar-refractivity contribution in [1.29, 1.82) is 0 Å². The Kier molecular flexibility index (Phi) is 13.8. The highest BCUT2D eigenvalue weighted by Crippen LogP contribution is 2.43. The number of carbonyl (C=O) groups is 3. The molecule has 2 aromatic heterocycles. The van der Waals surface area contributed by atoms with Crippen molar-refractivity contribution in [1.82, 2.24) is 20.3 Å². The van der Waals surface area contributed by atoms with Gasteiger partial charge < -0.3 is 25.4 Å². The van der Waals surface area contributed by atoms with Crippen LogP contribution in [0.15, 0.2) is 202 Å². The zero-order chi connectivity index (χ0) is 47.0. The van der Waals surface area contributed by atoms with E-state index in [-0.39, 0.29) is 17.1 Å². The maximum absolute atomic E-state index is 14.6. The van der Waals surface area contributed by atoms with E-state index in [2.05, 4.69) is 57.3 Å². The predicted octanol–water partition coefficient (Wildman–Crippen LogP) is 8.53. The number of allylic oxidation sites excluding steroid dienone is 1. The van der Waals surface area contributed by atoms with Crippen molar-refractivity contribution in [2.24, 2.45) is 5.16 Å². The summed E-state index contributed by atoms with van der Waals surface area (Å²) in [5.41, 5.74) is 4.64. The number of ether oxygens (including phenoxy) is 1. The normalized spacial score (nSPS) is 16.0. The molecule has 16 heteroatoms. The Bertz CT molecular complexity index is 2880. The summed E-state index contributed by atoms with van der Waals surface area (Å²) in [5, 5.41) is 30.6. The number of rotatable bonds is 16. The van der Waals surface area contributed by atoms with E-state index in [1.165, 1.54) is 46.9 Å². The van der Waals surface area contributed by atoms with Gasteiger partial charge in [0.15, 0.2) is 22.0 Å². The average molecular weight is 958 g/mol. The monoisotopic (exact) mass is 957 g/mol. The zero-order valence-electron chi connectivity index (χ0n) is 36.7. The number of fused-ring (bicyclic) bond motifs is 1. The molecule has 2 atom stereocenters. The Labute approximate surface area is 405 Å². The number of nitrogens with zero attached hydrogens (tertiary/aromatic N) is 5. The second-order valence-electron chi connectivity index (χ2n) is 15.6. The fourth-order valence-corrected chi connectivity index (χ4v) is 10.8. The van der Waals surface area contributed by atoms with E-state index in [1.54, 1.807) is 35.9 Å². The fraction of sp³-hybridized carbons (Fsp3) is 0.135. The van der Waals surface area contributed by atoms with Gasteiger partial charge in [-0.05, 0) is 50.9 Å². The van der Waals surface area contributed by atoms with Gasteiger partial charge in [-0.15, -0.1) is 23.1 Å². The first-order valence-electron chi connectivity index (χ1n) is 21.5. The van der Waals surface area contributed by atoms with E-state index < -0.39 is 40.8 Å². The quantitative estimate of drug-likeness (QED) is 0.0140. The van der Waals surface area contributed by atoms with Gasteiger partial charge in [0.2, 0.25) is 5.69 Å². The molecule has 340 valence electrons. The minimum atomic E-state index is -1.03. The van der Waals surface area contributed by atoms with Crippen LogP contribution >= 0.6 is 34.9 Å². The number of aromatic nitrogens is 3. The Morgan fingerprint density at radius 1 is 0.853 bits per heavy atom. The third kappa shape index (κ3) is 9.38. The molecule has 4 heterocycles. The molecule has 9 rings (SSSR count). The van der Waals surface area contributed by atoms with E-state index in [4.69, 9.17) is 14.6 Å². The van der Waals surface area contributed by atoms with E-state index in [0.29, 0.717) is 32.0 Å². The van der Waals surface area contributed by atoms with Gasteiger partial charge in [0, 0.05) is 29.2 Å². The van der Waals surface area contributed by atoms with Crippen molar-refractivity contribution in [2.75, 3.05) is 18.2 Å². The van der Waals surface area contributed by atoms with Crippen LogP contribution in [0.2, 0.25) is 0 Å². The van der Waals surface area contributed by atoms with Crippen molar-refractivity contribution in [3.63, 3.8) is 0 Å². The van der Waals surface area contributed by atoms with Crippen LogP contribution < -0.4 is 15.5 Å². The van der Waals surface area contributed by atoms with Gasteiger partial charge in [0.05, 0.1) is 0 Å². The number of thioether (sulfide) groups is 2. The first-order chi connectivity index (χ1) is 33.2. The van der Waals surface area contributed by atoms with E-state index in [0.717, 1.165) is 27.8 Å². The average Bonchev–Trinajstić information content (AvgIpc) is 3.85. The molecule has 1 fully saturated rings. The number of thiazole rings is 1. The van der Waals surface area contributed by atoms with Crippen LogP contribution in [0.25, 0.3) is 0 Å². The molecular weight excluding hydrogens is 915 g/mol.